The maximum atomic E-state index is 13.0. The van der Waals surface area contributed by atoms with E-state index in [1.54, 1.807) is 32.4 Å². The normalized spacial score (nSPS) is 17.8. The molecule has 1 aliphatic heterocycles. The van der Waals surface area contributed by atoms with E-state index in [1.165, 1.54) is 0 Å². The Morgan fingerprint density at radius 2 is 1.72 bits per heavy atom. The van der Waals surface area contributed by atoms with Crippen LogP contribution in [0.5, 0.6) is 17.2 Å². The van der Waals surface area contributed by atoms with Crippen LogP contribution in [0, 0.1) is 0 Å². The van der Waals surface area contributed by atoms with Gasteiger partial charge in [-0.25, -0.2) is 0 Å². The molecule has 25 heavy (non-hydrogen) atoms. The van der Waals surface area contributed by atoms with Crippen LogP contribution in [-0.2, 0) is 0 Å². The summed E-state index contributed by atoms with van der Waals surface area (Å²) >= 11 is 0. The van der Waals surface area contributed by atoms with Crippen molar-refractivity contribution in [2.75, 3.05) is 14.2 Å². The van der Waals surface area contributed by atoms with Crippen LogP contribution in [0.1, 0.15) is 42.2 Å². The fraction of sp³-hybridized carbons (Fsp3) is 0.350. The highest BCUT2D eigenvalue weighted by atomic mass is 16.5. The standard InChI is InChI=1S/C20H23NO4/c1-20(2)12-14(13-8-5-6-9-15(13)25-20)21-19(22)18-16(23-3)10-7-11-17(18)24-4/h5-11,14H,12H2,1-4H3,(H,21,22)/t14-/m1/s1. The lowest BCUT2D eigenvalue weighted by Gasteiger charge is -2.38. The van der Waals surface area contributed by atoms with Crippen LogP contribution in [0.4, 0.5) is 0 Å². The maximum absolute atomic E-state index is 13.0. The van der Waals surface area contributed by atoms with E-state index < -0.39 is 0 Å². The first kappa shape index (κ1) is 17.1. The van der Waals surface area contributed by atoms with Crippen molar-refractivity contribution in [1.29, 1.82) is 0 Å². The lowest BCUT2D eigenvalue weighted by molar-refractivity contribution is 0.0618. The average molecular weight is 341 g/mol. The number of ether oxygens (including phenoxy) is 3. The molecule has 0 bridgehead atoms. The Balaban J connectivity index is 1.94. The summed E-state index contributed by atoms with van der Waals surface area (Å²) in [6, 6.07) is 12.9. The Morgan fingerprint density at radius 3 is 2.36 bits per heavy atom. The van der Waals surface area contributed by atoms with Gasteiger partial charge in [-0.15, -0.1) is 0 Å². The molecule has 1 amide bonds. The van der Waals surface area contributed by atoms with Crippen molar-refractivity contribution in [3.63, 3.8) is 0 Å². The highest BCUT2D eigenvalue weighted by molar-refractivity contribution is 6.00. The smallest absolute Gasteiger partial charge is 0.259 e. The first-order chi connectivity index (χ1) is 11.9. The summed E-state index contributed by atoms with van der Waals surface area (Å²) in [6.07, 6.45) is 0.674. The molecule has 5 heteroatoms. The summed E-state index contributed by atoms with van der Waals surface area (Å²) in [5.41, 5.74) is 1.01. The van der Waals surface area contributed by atoms with Crippen molar-refractivity contribution >= 4 is 5.91 Å². The van der Waals surface area contributed by atoms with Crippen molar-refractivity contribution in [2.45, 2.75) is 31.9 Å². The Hall–Kier alpha value is -2.69. The van der Waals surface area contributed by atoms with Crippen molar-refractivity contribution in [1.82, 2.24) is 5.32 Å². The molecule has 1 N–H and O–H groups in total. The van der Waals surface area contributed by atoms with Gasteiger partial charge in [-0.05, 0) is 32.0 Å². The number of benzene rings is 2. The zero-order chi connectivity index (χ0) is 18.0. The highest BCUT2D eigenvalue weighted by Gasteiger charge is 2.35. The summed E-state index contributed by atoms with van der Waals surface area (Å²) in [4.78, 5) is 13.0. The third kappa shape index (κ3) is 3.40. The maximum Gasteiger partial charge on any atom is 0.259 e. The van der Waals surface area contributed by atoms with Gasteiger partial charge in [-0.1, -0.05) is 24.3 Å². The number of hydrogen-bond donors (Lipinski definition) is 1. The molecule has 0 spiro atoms. The van der Waals surface area contributed by atoms with Crippen molar-refractivity contribution in [3.8, 4) is 17.2 Å². The van der Waals surface area contributed by atoms with E-state index >= 15 is 0 Å². The molecule has 0 unspecified atom stereocenters. The second-order valence-corrected chi connectivity index (χ2v) is 6.67. The van der Waals surface area contributed by atoms with Gasteiger partial charge >= 0.3 is 0 Å². The summed E-state index contributed by atoms with van der Waals surface area (Å²) in [5, 5.41) is 3.12. The number of para-hydroxylation sites is 1. The molecule has 2 aromatic rings. The van der Waals surface area contributed by atoms with Crippen LogP contribution in [0.25, 0.3) is 0 Å². The fourth-order valence-corrected chi connectivity index (χ4v) is 3.24. The molecule has 5 nitrogen and oxygen atoms in total. The second-order valence-electron chi connectivity index (χ2n) is 6.67. The monoisotopic (exact) mass is 341 g/mol. The van der Waals surface area contributed by atoms with Crippen LogP contribution in [-0.4, -0.2) is 25.7 Å². The predicted octanol–water partition coefficient (Wildman–Crippen LogP) is 3.74. The van der Waals surface area contributed by atoms with E-state index in [-0.39, 0.29) is 17.6 Å². The summed E-state index contributed by atoms with van der Waals surface area (Å²) < 4.78 is 16.7. The largest absolute Gasteiger partial charge is 0.496 e. The molecule has 1 heterocycles. The topological polar surface area (TPSA) is 56.8 Å². The Bertz CT molecular complexity index is 763. The van der Waals surface area contributed by atoms with Crippen LogP contribution in [0.2, 0.25) is 0 Å². The molecule has 132 valence electrons. The molecule has 0 aromatic heterocycles. The minimum atomic E-state index is -0.364. The number of amides is 1. The third-order valence-corrected chi connectivity index (χ3v) is 4.34. The van der Waals surface area contributed by atoms with Gasteiger partial charge in [0.15, 0.2) is 0 Å². The van der Waals surface area contributed by atoms with Gasteiger partial charge in [0.2, 0.25) is 0 Å². The van der Waals surface area contributed by atoms with E-state index in [1.807, 2.05) is 38.1 Å². The molecular formula is C20H23NO4. The van der Waals surface area contributed by atoms with Gasteiger partial charge in [0.1, 0.15) is 28.4 Å². The second kappa shape index (κ2) is 6.67. The molecule has 0 fully saturated rings. The number of hydrogen-bond acceptors (Lipinski definition) is 4. The number of nitrogens with one attached hydrogen (secondary N) is 1. The van der Waals surface area contributed by atoms with E-state index in [9.17, 15) is 4.79 Å². The van der Waals surface area contributed by atoms with Crippen LogP contribution in [0.3, 0.4) is 0 Å². The van der Waals surface area contributed by atoms with Crippen molar-refractivity contribution in [3.05, 3.63) is 53.6 Å². The van der Waals surface area contributed by atoms with Crippen LogP contribution >= 0.6 is 0 Å². The summed E-state index contributed by atoms with van der Waals surface area (Å²) in [7, 11) is 3.08. The van der Waals surface area contributed by atoms with Crippen LogP contribution in [0.15, 0.2) is 42.5 Å². The van der Waals surface area contributed by atoms with Crippen molar-refractivity contribution in [2.24, 2.45) is 0 Å². The molecule has 1 aliphatic rings. The molecule has 0 saturated heterocycles. The molecule has 0 aliphatic carbocycles. The predicted molar refractivity (Wildman–Crippen MR) is 95.5 cm³/mol. The van der Waals surface area contributed by atoms with Gasteiger partial charge in [-0.2, -0.15) is 0 Å². The Labute approximate surface area is 147 Å². The number of carbonyl (C=O) groups is 1. The quantitative estimate of drug-likeness (QED) is 0.920. The van der Waals surface area contributed by atoms with E-state index in [0.29, 0.717) is 23.5 Å². The van der Waals surface area contributed by atoms with Gasteiger partial charge in [0, 0.05) is 12.0 Å². The van der Waals surface area contributed by atoms with Gasteiger partial charge in [0.05, 0.1) is 20.3 Å². The van der Waals surface area contributed by atoms with E-state index in [2.05, 4.69) is 5.32 Å². The number of methoxy groups -OCH3 is 2. The highest BCUT2D eigenvalue weighted by Crippen LogP contribution is 2.40. The molecule has 0 radical (unpaired) electrons. The lowest BCUT2D eigenvalue weighted by Crippen LogP contribution is -2.41. The molecule has 2 aromatic carbocycles. The first-order valence-electron chi connectivity index (χ1n) is 8.25. The minimum Gasteiger partial charge on any atom is -0.496 e. The molecular weight excluding hydrogens is 318 g/mol. The first-order valence-corrected chi connectivity index (χ1v) is 8.25. The van der Waals surface area contributed by atoms with Crippen molar-refractivity contribution < 1.29 is 19.0 Å². The lowest BCUT2D eigenvalue weighted by atomic mass is 9.89. The minimum absolute atomic E-state index is 0.151. The fourth-order valence-electron chi connectivity index (χ4n) is 3.24. The average Bonchev–Trinajstić information content (AvgIpc) is 2.59. The molecule has 0 saturated carbocycles. The van der Waals surface area contributed by atoms with E-state index in [0.717, 1.165) is 11.3 Å². The van der Waals surface area contributed by atoms with Gasteiger partial charge < -0.3 is 19.5 Å². The molecule has 3 rings (SSSR count). The van der Waals surface area contributed by atoms with Crippen LogP contribution < -0.4 is 19.5 Å². The van der Waals surface area contributed by atoms with Gasteiger partial charge in [0.25, 0.3) is 5.91 Å². The number of fused-ring (bicyclic) bond motifs is 1. The zero-order valence-corrected chi connectivity index (χ0v) is 15.0. The van der Waals surface area contributed by atoms with Gasteiger partial charge in [-0.3, -0.25) is 4.79 Å². The Kier molecular flexibility index (Phi) is 4.57. The Morgan fingerprint density at radius 1 is 1.08 bits per heavy atom. The number of carbonyl (C=O) groups excluding carboxylic acids is 1. The SMILES string of the molecule is COc1cccc(OC)c1C(=O)N[C@@H]1CC(C)(C)Oc2ccccc21. The summed E-state index contributed by atoms with van der Waals surface area (Å²) in [6.45, 7) is 4.04. The van der Waals surface area contributed by atoms with E-state index in [4.69, 9.17) is 14.2 Å². The zero-order valence-electron chi connectivity index (χ0n) is 15.0. The number of rotatable bonds is 4. The summed E-state index contributed by atoms with van der Waals surface area (Å²) in [5.74, 6) is 1.54. The third-order valence-electron chi connectivity index (χ3n) is 4.34. The molecule has 1 atom stereocenters.